The SMILES string of the molecule is O=C(NN(c1ccccc1)c1ccccc1)[C@@H]1CCCN1S(=O)(=O)c1ccc(Cl)cc1. The van der Waals surface area contributed by atoms with Gasteiger partial charge in [0.2, 0.25) is 10.0 Å². The first kappa shape index (κ1) is 21.4. The number of anilines is 2. The lowest BCUT2D eigenvalue weighted by Crippen LogP contribution is -2.50. The van der Waals surface area contributed by atoms with Crippen molar-refractivity contribution < 1.29 is 13.2 Å². The van der Waals surface area contributed by atoms with Crippen LogP contribution in [0.2, 0.25) is 5.02 Å². The minimum Gasteiger partial charge on any atom is -0.271 e. The van der Waals surface area contributed by atoms with Crippen LogP contribution in [0.3, 0.4) is 0 Å². The lowest BCUT2D eigenvalue weighted by Gasteiger charge is -2.29. The van der Waals surface area contributed by atoms with E-state index in [2.05, 4.69) is 5.43 Å². The molecule has 1 aliphatic rings. The molecule has 0 saturated carbocycles. The van der Waals surface area contributed by atoms with Crippen LogP contribution in [0.15, 0.2) is 89.8 Å². The second-order valence-electron chi connectivity index (χ2n) is 7.21. The molecule has 1 heterocycles. The number of rotatable bonds is 6. The molecule has 6 nitrogen and oxygen atoms in total. The zero-order chi connectivity index (χ0) is 21.8. The molecule has 0 unspecified atom stereocenters. The molecule has 0 aromatic heterocycles. The Labute approximate surface area is 187 Å². The van der Waals surface area contributed by atoms with Crippen molar-refractivity contribution in [3.8, 4) is 0 Å². The maximum Gasteiger partial charge on any atom is 0.257 e. The van der Waals surface area contributed by atoms with Gasteiger partial charge in [-0.1, -0.05) is 48.0 Å². The van der Waals surface area contributed by atoms with Gasteiger partial charge in [0.05, 0.1) is 16.3 Å². The molecule has 1 saturated heterocycles. The molecule has 1 fully saturated rings. The van der Waals surface area contributed by atoms with E-state index in [0.29, 0.717) is 24.4 Å². The van der Waals surface area contributed by atoms with E-state index in [1.54, 1.807) is 5.01 Å². The third-order valence-corrected chi connectivity index (χ3v) is 7.35. The molecule has 4 rings (SSSR count). The Morgan fingerprint density at radius 3 is 2.00 bits per heavy atom. The molecule has 160 valence electrons. The summed E-state index contributed by atoms with van der Waals surface area (Å²) in [6, 6.07) is 24.0. The Morgan fingerprint density at radius 1 is 0.903 bits per heavy atom. The highest BCUT2D eigenvalue weighted by Gasteiger charge is 2.40. The van der Waals surface area contributed by atoms with Gasteiger partial charge in [0, 0.05) is 11.6 Å². The van der Waals surface area contributed by atoms with Crippen molar-refractivity contribution in [2.24, 2.45) is 0 Å². The Morgan fingerprint density at radius 2 is 1.45 bits per heavy atom. The molecule has 8 heteroatoms. The van der Waals surface area contributed by atoms with E-state index in [9.17, 15) is 13.2 Å². The van der Waals surface area contributed by atoms with E-state index in [-0.39, 0.29) is 10.8 Å². The van der Waals surface area contributed by atoms with Crippen molar-refractivity contribution >= 4 is 38.9 Å². The van der Waals surface area contributed by atoms with Gasteiger partial charge in [0.15, 0.2) is 0 Å². The van der Waals surface area contributed by atoms with Crippen molar-refractivity contribution in [3.05, 3.63) is 90.0 Å². The molecule has 0 aliphatic carbocycles. The number of carbonyl (C=O) groups is 1. The number of para-hydroxylation sites is 2. The monoisotopic (exact) mass is 455 g/mol. The van der Waals surface area contributed by atoms with Crippen LogP contribution in [0.25, 0.3) is 0 Å². The van der Waals surface area contributed by atoms with Crippen LogP contribution in [0.4, 0.5) is 11.4 Å². The van der Waals surface area contributed by atoms with Crippen LogP contribution in [0.5, 0.6) is 0 Å². The fourth-order valence-electron chi connectivity index (χ4n) is 3.65. The van der Waals surface area contributed by atoms with Gasteiger partial charge in [-0.25, -0.2) is 8.42 Å². The number of benzene rings is 3. The standard InChI is InChI=1S/C23H22ClN3O3S/c24-18-13-15-21(16-14-18)31(29,30)26-17-7-12-22(26)23(28)25-27(19-8-3-1-4-9-19)20-10-5-2-6-11-20/h1-6,8-11,13-16,22H,7,12,17H2,(H,25,28)/t22-/m0/s1. The number of nitrogens with zero attached hydrogens (tertiary/aromatic N) is 2. The van der Waals surface area contributed by atoms with Crippen molar-refractivity contribution in [1.82, 2.24) is 9.73 Å². The van der Waals surface area contributed by atoms with Gasteiger partial charge in [0.1, 0.15) is 6.04 Å². The van der Waals surface area contributed by atoms with Crippen molar-refractivity contribution in [3.63, 3.8) is 0 Å². The number of sulfonamides is 1. The number of hydrogen-bond acceptors (Lipinski definition) is 4. The first-order chi connectivity index (χ1) is 15.0. The Bertz CT molecular complexity index is 1100. The molecule has 0 radical (unpaired) electrons. The Hall–Kier alpha value is -2.87. The topological polar surface area (TPSA) is 69.7 Å². The highest BCUT2D eigenvalue weighted by Crippen LogP contribution is 2.28. The van der Waals surface area contributed by atoms with Gasteiger partial charge >= 0.3 is 0 Å². The average Bonchev–Trinajstić information content (AvgIpc) is 3.30. The zero-order valence-corrected chi connectivity index (χ0v) is 18.3. The summed E-state index contributed by atoms with van der Waals surface area (Å²) in [6.07, 6.45) is 1.07. The molecular formula is C23H22ClN3O3S. The quantitative estimate of drug-likeness (QED) is 0.560. The summed E-state index contributed by atoms with van der Waals surface area (Å²) in [4.78, 5) is 13.4. The zero-order valence-electron chi connectivity index (χ0n) is 16.7. The third kappa shape index (κ3) is 4.58. The van der Waals surface area contributed by atoms with Crippen LogP contribution in [0.1, 0.15) is 12.8 Å². The van der Waals surface area contributed by atoms with E-state index in [1.165, 1.54) is 28.6 Å². The van der Waals surface area contributed by atoms with Gasteiger partial charge in [0.25, 0.3) is 5.91 Å². The fraction of sp³-hybridized carbons (Fsp3) is 0.174. The second kappa shape index (κ2) is 9.09. The summed E-state index contributed by atoms with van der Waals surface area (Å²) in [5.41, 5.74) is 4.46. The second-order valence-corrected chi connectivity index (χ2v) is 9.54. The number of halogens is 1. The molecule has 1 aliphatic heterocycles. The highest BCUT2D eigenvalue weighted by molar-refractivity contribution is 7.89. The summed E-state index contributed by atoms with van der Waals surface area (Å²) >= 11 is 5.90. The minimum atomic E-state index is -3.82. The van der Waals surface area contributed by atoms with E-state index < -0.39 is 16.1 Å². The maximum atomic E-state index is 13.3. The summed E-state index contributed by atoms with van der Waals surface area (Å²) < 4.78 is 27.6. The molecule has 1 amide bonds. The predicted molar refractivity (Wildman–Crippen MR) is 122 cm³/mol. The minimum absolute atomic E-state index is 0.125. The highest BCUT2D eigenvalue weighted by atomic mass is 35.5. The van der Waals surface area contributed by atoms with Crippen molar-refractivity contribution in [2.45, 2.75) is 23.8 Å². The summed E-state index contributed by atoms with van der Waals surface area (Å²) in [7, 11) is -3.82. The molecule has 1 N–H and O–H groups in total. The normalized spacial score (nSPS) is 16.7. The van der Waals surface area contributed by atoms with E-state index in [4.69, 9.17) is 11.6 Å². The van der Waals surface area contributed by atoms with Crippen LogP contribution in [-0.2, 0) is 14.8 Å². The molecular weight excluding hydrogens is 434 g/mol. The third-order valence-electron chi connectivity index (χ3n) is 5.18. The maximum absolute atomic E-state index is 13.3. The summed E-state index contributed by atoms with van der Waals surface area (Å²) in [5.74, 6) is -0.372. The van der Waals surface area contributed by atoms with Crippen molar-refractivity contribution in [1.29, 1.82) is 0 Å². The predicted octanol–water partition coefficient (Wildman–Crippen LogP) is 4.36. The summed E-state index contributed by atoms with van der Waals surface area (Å²) in [5, 5.41) is 2.13. The number of hydrogen-bond donors (Lipinski definition) is 1. The molecule has 0 spiro atoms. The van der Waals surface area contributed by atoms with Gasteiger partial charge in [-0.3, -0.25) is 15.2 Å². The van der Waals surface area contributed by atoms with E-state index in [0.717, 1.165) is 11.4 Å². The van der Waals surface area contributed by atoms with Gasteiger partial charge in [-0.2, -0.15) is 4.31 Å². The van der Waals surface area contributed by atoms with E-state index >= 15 is 0 Å². The largest absolute Gasteiger partial charge is 0.271 e. The van der Waals surface area contributed by atoms with Gasteiger partial charge in [-0.15, -0.1) is 0 Å². The van der Waals surface area contributed by atoms with Crippen LogP contribution in [0, 0.1) is 0 Å². The smallest absolute Gasteiger partial charge is 0.257 e. The Balaban J connectivity index is 1.60. The average molecular weight is 456 g/mol. The molecule has 31 heavy (non-hydrogen) atoms. The fourth-order valence-corrected chi connectivity index (χ4v) is 5.43. The lowest BCUT2D eigenvalue weighted by molar-refractivity contribution is -0.124. The Kier molecular flexibility index (Phi) is 6.27. The number of amides is 1. The van der Waals surface area contributed by atoms with Gasteiger partial charge in [-0.05, 0) is 61.4 Å². The summed E-state index contributed by atoms with van der Waals surface area (Å²) in [6.45, 7) is 0.291. The van der Waals surface area contributed by atoms with E-state index in [1.807, 2.05) is 60.7 Å². The number of nitrogens with one attached hydrogen (secondary N) is 1. The van der Waals surface area contributed by atoms with Crippen LogP contribution < -0.4 is 10.4 Å². The molecule has 3 aromatic rings. The molecule has 3 aromatic carbocycles. The molecule has 1 atom stereocenters. The first-order valence-corrected chi connectivity index (χ1v) is 11.8. The van der Waals surface area contributed by atoms with Gasteiger partial charge < -0.3 is 0 Å². The van der Waals surface area contributed by atoms with Crippen LogP contribution >= 0.6 is 11.6 Å². The molecule has 0 bridgehead atoms. The van der Waals surface area contributed by atoms with Crippen molar-refractivity contribution in [2.75, 3.05) is 11.6 Å². The number of hydrazine groups is 1. The lowest BCUT2D eigenvalue weighted by atomic mass is 10.2. The number of carbonyl (C=O) groups excluding carboxylic acids is 1. The van der Waals surface area contributed by atoms with Crippen LogP contribution in [-0.4, -0.2) is 31.2 Å². The first-order valence-electron chi connectivity index (χ1n) is 9.95.